The van der Waals surface area contributed by atoms with Crippen molar-refractivity contribution in [2.75, 3.05) is 12.4 Å². The summed E-state index contributed by atoms with van der Waals surface area (Å²) in [6.45, 7) is 0. The molecule has 1 aromatic carbocycles. The van der Waals surface area contributed by atoms with E-state index in [1.807, 2.05) is 0 Å². The van der Waals surface area contributed by atoms with Crippen molar-refractivity contribution in [1.29, 1.82) is 0 Å². The maximum atomic E-state index is 13.3. The van der Waals surface area contributed by atoms with E-state index in [4.69, 9.17) is 4.74 Å². The molecule has 110 valence electrons. The first kappa shape index (κ1) is 14.8. The van der Waals surface area contributed by atoms with Gasteiger partial charge in [-0.3, -0.25) is 4.79 Å². The van der Waals surface area contributed by atoms with Crippen LogP contribution in [0.15, 0.2) is 18.2 Å². The molecule has 0 aliphatic heterocycles. The number of rotatable bonds is 4. The number of methoxy groups -OCH3 is 1. The maximum absolute atomic E-state index is 13.3. The van der Waals surface area contributed by atoms with Gasteiger partial charge in [0.2, 0.25) is 5.91 Å². The largest absolute Gasteiger partial charge is 0.497 e. The Kier molecular flexibility index (Phi) is 4.60. The van der Waals surface area contributed by atoms with E-state index in [-0.39, 0.29) is 12.3 Å². The highest BCUT2D eigenvalue weighted by molar-refractivity contribution is 5.91. The molecule has 0 heterocycles. The summed E-state index contributed by atoms with van der Waals surface area (Å²) in [4.78, 5) is 12.0. The number of nitrogens with one attached hydrogen (secondary N) is 1. The fraction of sp³-hybridized carbons (Fsp3) is 0.533. The number of amides is 1. The van der Waals surface area contributed by atoms with Crippen LogP contribution in [0.1, 0.15) is 38.5 Å². The number of halogens is 1. The predicted molar refractivity (Wildman–Crippen MR) is 74.2 cm³/mol. The Hall–Kier alpha value is -1.62. The first-order valence-corrected chi connectivity index (χ1v) is 6.88. The lowest BCUT2D eigenvalue weighted by molar-refractivity contribution is -0.122. The van der Waals surface area contributed by atoms with E-state index in [0.29, 0.717) is 24.3 Å². The minimum Gasteiger partial charge on any atom is -0.497 e. The van der Waals surface area contributed by atoms with Crippen LogP contribution in [0.5, 0.6) is 5.75 Å². The molecule has 0 bridgehead atoms. The zero-order valence-electron chi connectivity index (χ0n) is 11.6. The summed E-state index contributed by atoms with van der Waals surface area (Å²) in [5, 5.41) is 12.9. The van der Waals surface area contributed by atoms with E-state index in [9.17, 15) is 14.3 Å². The second-order valence-corrected chi connectivity index (χ2v) is 5.39. The molecule has 0 spiro atoms. The van der Waals surface area contributed by atoms with Gasteiger partial charge in [-0.1, -0.05) is 19.3 Å². The molecule has 4 nitrogen and oxygen atoms in total. The molecule has 0 aromatic heterocycles. The Morgan fingerprint density at radius 1 is 1.35 bits per heavy atom. The average molecular weight is 281 g/mol. The molecule has 0 radical (unpaired) electrons. The van der Waals surface area contributed by atoms with E-state index in [1.165, 1.54) is 19.2 Å². The van der Waals surface area contributed by atoms with E-state index < -0.39 is 11.4 Å². The number of ether oxygens (including phenoxy) is 1. The summed E-state index contributed by atoms with van der Waals surface area (Å²) in [6, 6.07) is 4.02. The fourth-order valence-corrected chi connectivity index (χ4v) is 2.64. The summed E-state index contributed by atoms with van der Waals surface area (Å²) >= 11 is 0. The number of benzene rings is 1. The van der Waals surface area contributed by atoms with Crippen molar-refractivity contribution in [3.05, 3.63) is 24.0 Å². The van der Waals surface area contributed by atoms with Gasteiger partial charge in [-0.25, -0.2) is 4.39 Å². The standard InChI is InChI=1S/C15H20FNO3/c1-20-13-8-11(16)7-12(9-13)17-14(18)10-15(19)5-3-2-4-6-15/h7-9,19H,2-6,10H2,1H3,(H,17,18). The Bertz CT molecular complexity index is 484. The first-order chi connectivity index (χ1) is 9.50. The highest BCUT2D eigenvalue weighted by atomic mass is 19.1. The second-order valence-electron chi connectivity index (χ2n) is 5.39. The molecule has 20 heavy (non-hydrogen) atoms. The number of hydrogen-bond acceptors (Lipinski definition) is 3. The van der Waals surface area contributed by atoms with Crippen LogP contribution in [0.25, 0.3) is 0 Å². The van der Waals surface area contributed by atoms with Gasteiger partial charge in [0, 0.05) is 17.8 Å². The molecule has 1 aromatic rings. The molecule has 1 amide bonds. The molecule has 1 fully saturated rings. The zero-order valence-corrected chi connectivity index (χ0v) is 11.6. The van der Waals surface area contributed by atoms with E-state index in [2.05, 4.69) is 5.32 Å². The second kappa shape index (κ2) is 6.22. The quantitative estimate of drug-likeness (QED) is 0.892. The van der Waals surface area contributed by atoms with Crippen molar-refractivity contribution in [3.63, 3.8) is 0 Å². The van der Waals surface area contributed by atoms with Crippen LogP contribution in [0.4, 0.5) is 10.1 Å². The van der Waals surface area contributed by atoms with E-state index in [1.54, 1.807) is 6.07 Å². The fourth-order valence-electron chi connectivity index (χ4n) is 2.64. The van der Waals surface area contributed by atoms with Gasteiger partial charge in [-0.05, 0) is 18.9 Å². The highest BCUT2D eigenvalue weighted by Crippen LogP contribution is 2.31. The highest BCUT2D eigenvalue weighted by Gasteiger charge is 2.31. The van der Waals surface area contributed by atoms with Crippen molar-refractivity contribution in [3.8, 4) is 5.75 Å². The molecular weight excluding hydrogens is 261 g/mol. The SMILES string of the molecule is COc1cc(F)cc(NC(=O)CC2(O)CCCCC2)c1. The van der Waals surface area contributed by atoms with Gasteiger partial charge in [0.15, 0.2) is 0 Å². The van der Waals surface area contributed by atoms with Crippen LogP contribution in [0.2, 0.25) is 0 Å². The molecule has 2 N–H and O–H groups in total. The normalized spacial score (nSPS) is 17.6. The van der Waals surface area contributed by atoms with Crippen LogP contribution in [0, 0.1) is 5.82 Å². The van der Waals surface area contributed by atoms with Gasteiger partial charge in [-0.15, -0.1) is 0 Å². The molecule has 0 atom stereocenters. The smallest absolute Gasteiger partial charge is 0.227 e. The number of anilines is 1. The minimum absolute atomic E-state index is 0.0474. The Morgan fingerprint density at radius 3 is 2.70 bits per heavy atom. The predicted octanol–water partition coefficient (Wildman–Crippen LogP) is 2.86. The lowest BCUT2D eigenvalue weighted by atomic mass is 9.82. The topological polar surface area (TPSA) is 58.6 Å². The monoisotopic (exact) mass is 281 g/mol. The third-order valence-corrected chi connectivity index (χ3v) is 3.66. The molecule has 1 saturated carbocycles. The van der Waals surface area contributed by atoms with Crippen molar-refractivity contribution in [2.45, 2.75) is 44.1 Å². The van der Waals surface area contributed by atoms with Gasteiger partial charge in [0.1, 0.15) is 11.6 Å². The summed E-state index contributed by atoms with van der Waals surface area (Å²) < 4.78 is 18.3. The van der Waals surface area contributed by atoms with Crippen molar-refractivity contribution in [1.82, 2.24) is 0 Å². The van der Waals surface area contributed by atoms with Crippen LogP contribution in [-0.2, 0) is 4.79 Å². The number of carbonyl (C=O) groups is 1. The minimum atomic E-state index is -0.917. The zero-order chi connectivity index (χ0) is 14.6. The number of carbonyl (C=O) groups excluding carboxylic acids is 1. The lowest BCUT2D eigenvalue weighted by Gasteiger charge is -2.31. The molecular formula is C15H20FNO3. The van der Waals surface area contributed by atoms with Crippen LogP contribution < -0.4 is 10.1 Å². The maximum Gasteiger partial charge on any atom is 0.227 e. The van der Waals surface area contributed by atoms with E-state index >= 15 is 0 Å². The summed E-state index contributed by atoms with van der Waals surface area (Å²) in [5.41, 5.74) is -0.578. The average Bonchev–Trinajstić information content (AvgIpc) is 2.37. The van der Waals surface area contributed by atoms with Gasteiger partial charge >= 0.3 is 0 Å². The number of hydrogen-bond donors (Lipinski definition) is 2. The third kappa shape index (κ3) is 3.93. The summed E-state index contributed by atoms with van der Waals surface area (Å²) in [5.74, 6) is -0.435. The Labute approximate surface area is 117 Å². The summed E-state index contributed by atoms with van der Waals surface area (Å²) in [7, 11) is 1.44. The number of aliphatic hydroxyl groups is 1. The molecule has 1 aliphatic carbocycles. The molecule has 2 rings (SSSR count). The molecule has 5 heteroatoms. The Balaban J connectivity index is 1.99. The van der Waals surface area contributed by atoms with Crippen LogP contribution in [-0.4, -0.2) is 23.7 Å². The molecule has 0 unspecified atom stereocenters. The first-order valence-electron chi connectivity index (χ1n) is 6.88. The van der Waals surface area contributed by atoms with Crippen LogP contribution in [0.3, 0.4) is 0 Å². The van der Waals surface area contributed by atoms with Crippen LogP contribution >= 0.6 is 0 Å². The van der Waals surface area contributed by atoms with Gasteiger partial charge < -0.3 is 15.2 Å². The lowest BCUT2D eigenvalue weighted by Crippen LogP contribution is -2.35. The van der Waals surface area contributed by atoms with Crippen molar-refractivity contribution < 1.29 is 19.0 Å². The Morgan fingerprint density at radius 2 is 2.05 bits per heavy atom. The van der Waals surface area contributed by atoms with Gasteiger partial charge in [0.05, 0.1) is 19.1 Å². The van der Waals surface area contributed by atoms with Crippen molar-refractivity contribution >= 4 is 11.6 Å². The summed E-state index contributed by atoms with van der Waals surface area (Å²) in [6.07, 6.45) is 4.33. The van der Waals surface area contributed by atoms with E-state index in [0.717, 1.165) is 19.3 Å². The molecule has 1 aliphatic rings. The van der Waals surface area contributed by atoms with Gasteiger partial charge in [-0.2, -0.15) is 0 Å². The third-order valence-electron chi connectivity index (χ3n) is 3.66. The molecule has 0 saturated heterocycles. The van der Waals surface area contributed by atoms with Crippen molar-refractivity contribution in [2.24, 2.45) is 0 Å². The van der Waals surface area contributed by atoms with Gasteiger partial charge in [0.25, 0.3) is 0 Å².